The van der Waals surface area contributed by atoms with Gasteiger partial charge in [-0.15, -0.1) is 11.3 Å². The van der Waals surface area contributed by atoms with E-state index in [-0.39, 0.29) is 17.3 Å². The Morgan fingerprint density at radius 2 is 2.27 bits per heavy atom. The van der Waals surface area contributed by atoms with Gasteiger partial charge in [0.25, 0.3) is 0 Å². The van der Waals surface area contributed by atoms with Crippen LogP contribution in [0.3, 0.4) is 0 Å². The number of nitrogens with two attached hydrogens (primary N) is 1. The van der Waals surface area contributed by atoms with Gasteiger partial charge in [0, 0.05) is 28.9 Å². The number of nitrogens with zero attached hydrogens (tertiary/aromatic N) is 1. The zero-order valence-electron chi connectivity index (χ0n) is 11.2. The fourth-order valence-corrected chi connectivity index (χ4v) is 3.47. The zero-order chi connectivity index (χ0) is 15.7. The summed E-state index contributed by atoms with van der Waals surface area (Å²) in [6, 6.07) is 7.09. The van der Waals surface area contributed by atoms with Crippen LogP contribution in [-0.2, 0) is 6.61 Å². The van der Waals surface area contributed by atoms with Gasteiger partial charge in [-0.05, 0) is 17.5 Å². The maximum absolute atomic E-state index is 11.2. The van der Waals surface area contributed by atoms with E-state index in [1.165, 1.54) is 17.5 Å². The highest BCUT2D eigenvalue weighted by atomic mass is 35.5. The van der Waals surface area contributed by atoms with Crippen LogP contribution in [0.4, 0.5) is 5.69 Å². The Balaban J connectivity index is 1.95. The van der Waals surface area contributed by atoms with Gasteiger partial charge in [-0.3, -0.25) is 0 Å². The summed E-state index contributed by atoms with van der Waals surface area (Å²) in [5, 5.41) is 11.9. The predicted octanol–water partition coefficient (Wildman–Crippen LogP) is 3.81. The highest BCUT2D eigenvalue weighted by molar-refractivity contribution is 7.17. The summed E-state index contributed by atoms with van der Waals surface area (Å²) >= 11 is 7.43. The van der Waals surface area contributed by atoms with Crippen molar-refractivity contribution in [1.29, 1.82) is 0 Å². The molecule has 5 nitrogen and oxygen atoms in total. The quantitative estimate of drug-likeness (QED) is 0.559. The Hall–Kier alpha value is -2.31. The van der Waals surface area contributed by atoms with Crippen molar-refractivity contribution in [3.63, 3.8) is 0 Å². The van der Waals surface area contributed by atoms with E-state index in [1.807, 2.05) is 5.38 Å². The van der Waals surface area contributed by atoms with Crippen molar-refractivity contribution >= 4 is 44.7 Å². The molecular weight excluding hydrogens is 324 g/mol. The number of benzene rings is 1. The van der Waals surface area contributed by atoms with Gasteiger partial charge in [-0.25, -0.2) is 9.78 Å². The van der Waals surface area contributed by atoms with Crippen molar-refractivity contribution in [2.75, 3.05) is 5.73 Å². The number of hydrogen-bond acceptors (Lipinski definition) is 5. The summed E-state index contributed by atoms with van der Waals surface area (Å²) in [6.45, 7) is 0.258. The number of carboxylic acids is 1. The molecule has 0 amide bonds. The van der Waals surface area contributed by atoms with Crippen molar-refractivity contribution in [2.45, 2.75) is 6.61 Å². The van der Waals surface area contributed by atoms with Crippen LogP contribution in [-0.4, -0.2) is 16.1 Å². The third kappa shape index (κ3) is 2.70. The van der Waals surface area contributed by atoms with E-state index in [4.69, 9.17) is 22.1 Å². The first kappa shape index (κ1) is 14.6. The molecule has 2 heterocycles. The van der Waals surface area contributed by atoms with Crippen LogP contribution in [0.25, 0.3) is 10.1 Å². The first-order valence-corrected chi connectivity index (χ1v) is 7.58. The number of thiophene rings is 1. The van der Waals surface area contributed by atoms with Gasteiger partial charge in [0.1, 0.15) is 17.5 Å². The Kier molecular flexibility index (Phi) is 3.87. The Labute approximate surface area is 134 Å². The number of rotatable bonds is 4. The average molecular weight is 335 g/mol. The number of hydrogen-bond donors (Lipinski definition) is 2. The molecule has 0 bridgehead atoms. The number of anilines is 1. The van der Waals surface area contributed by atoms with Crippen LogP contribution < -0.4 is 10.5 Å². The standard InChI is InChI=1S/C15H11ClN2O3S/c16-14-12-8(6-21-10-3-1-2-9(17)4-10)7-22-13(12)11(5-18-14)15(19)20/h1-5,7H,6,17H2,(H,19,20). The molecule has 0 aliphatic carbocycles. The monoisotopic (exact) mass is 334 g/mol. The SMILES string of the molecule is Nc1cccc(OCc2csc3c(C(=O)O)cnc(Cl)c23)c1. The van der Waals surface area contributed by atoms with Gasteiger partial charge in [-0.1, -0.05) is 17.7 Å². The second kappa shape index (κ2) is 5.82. The maximum Gasteiger partial charge on any atom is 0.338 e. The van der Waals surface area contributed by atoms with Crippen LogP contribution in [0, 0.1) is 0 Å². The van der Waals surface area contributed by atoms with Crippen molar-refractivity contribution in [3.8, 4) is 5.75 Å². The molecule has 0 aliphatic rings. The third-order valence-electron chi connectivity index (χ3n) is 3.11. The molecule has 3 N–H and O–H groups in total. The Morgan fingerprint density at radius 1 is 1.45 bits per heavy atom. The molecule has 3 aromatic rings. The van der Waals surface area contributed by atoms with Crippen LogP contribution >= 0.6 is 22.9 Å². The first-order chi connectivity index (χ1) is 10.6. The van der Waals surface area contributed by atoms with Gasteiger partial charge >= 0.3 is 5.97 Å². The summed E-state index contributed by atoms with van der Waals surface area (Å²) in [5.41, 5.74) is 7.25. The summed E-state index contributed by atoms with van der Waals surface area (Å²) < 4.78 is 6.28. The first-order valence-electron chi connectivity index (χ1n) is 6.32. The van der Waals surface area contributed by atoms with E-state index < -0.39 is 5.97 Å². The summed E-state index contributed by atoms with van der Waals surface area (Å²) in [4.78, 5) is 15.2. The maximum atomic E-state index is 11.2. The minimum atomic E-state index is -1.03. The molecule has 0 aliphatic heterocycles. The lowest BCUT2D eigenvalue weighted by Gasteiger charge is -2.07. The summed E-state index contributed by atoms with van der Waals surface area (Å²) in [6.07, 6.45) is 1.27. The number of fused-ring (bicyclic) bond motifs is 1. The molecule has 0 saturated heterocycles. The van der Waals surface area contributed by atoms with Crippen LogP contribution in [0.15, 0.2) is 35.8 Å². The number of nitrogen functional groups attached to an aromatic ring is 1. The number of aromatic carboxylic acids is 1. The highest BCUT2D eigenvalue weighted by Gasteiger charge is 2.17. The second-order valence-corrected chi connectivity index (χ2v) is 5.83. The summed E-state index contributed by atoms with van der Waals surface area (Å²) in [5.74, 6) is -0.392. The van der Waals surface area contributed by atoms with Crippen molar-refractivity contribution in [1.82, 2.24) is 4.98 Å². The van der Waals surface area contributed by atoms with E-state index in [9.17, 15) is 9.90 Å². The molecular formula is C15H11ClN2O3S. The zero-order valence-corrected chi connectivity index (χ0v) is 12.8. The smallest absolute Gasteiger partial charge is 0.338 e. The third-order valence-corrected chi connectivity index (χ3v) is 4.46. The van der Waals surface area contributed by atoms with Gasteiger partial charge in [0.15, 0.2) is 0 Å². The van der Waals surface area contributed by atoms with Crippen LogP contribution in [0.1, 0.15) is 15.9 Å². The topological polar surface area (TPSA) is 85.4 Å². The fraction of sp³-hybridized carbons (Fsp3) is 0.0667. The molecule has 7 heteroatoms. The fourth-order valence-electron chi connectivity index (χ4n) is 2.09. The van der Waals surface area contributed by atoms with Crippen molar-refractivity contribution in [3.05, 3.63) is 52.1 Å². The lowest BCUT2D eigenvalue weighted by molar-refractivity contribution is 0.0699. The molecule has 0 unspecified atom stereocenters. The molecule has 22 heavy (non-hydrogen) atoms. The lowest BCUT2D eigenvalue weighted by atomic mass is 10.2. The molecule has 3 rings (SSSR count). The average Bonchev–Trinajstić information content (AvgIpc) is 2.90. The molecule has 0 atom stereocenters. The Bertz CT molecular complexity index is 863. The van der Waals surface area contributed by atoms with Gasteiger partial charge in [0.2, 0.25) is 0 Å². The molecule has 0 fully saturated rings. The van der Waals surface area contributed by atoms with E-state index in [0.29, 0.717) is 21.5 Å². The number of pyridine rings is 1. The molecule has 0 saturated carbocycles. The lowest BCUT2D eigenvalue weighted by Crippen LogP contribution is -1.99. The second-order valence-electron chi connectivity index (χ2n) is 4.59. The number of halogens is 1. The molecule has 0 spiro atoms. The summed E-state index contributed by atoms with van der Waals surface area (Å²) in [7, 11) is 0. The van der Waals surface area contributed by atoms with E-state index >= 15 is 0 Å². The van der Waals surface area contributed by atoms with Crippen LogP contribution in [0.2, 0.25) is 5.15 Å². The number of ether oxygens (including phenoxy) is 1. The molecule has 112 valence electrons. The van der Waals surface area contributed by atoms with Crippen molar-refractivity contribution < 1.29 is 14.6 Å². The minimum absolute atomic E-state index is 0.139. The molecule has 0 radical (unpaired) electrons. The highest BCUT2D eigenvalue weighted by Crippen LogP contribution is 2.34. The van der Waals surface area contributed by atoms with Crippen LogP contribution in [0.5, 0.6) is 5.75 Å². The largest absolute Gasteiger partial charge is 0.489 e. The van der Waals surface area contributed by atoms with E-state index in [0.717, 1.165) is 5.56 Å². The van der Waals surface area contributed by atoms with Gasteiger partial charge in [0.05, 0.1) is 10.3 Å². The van der Waals surface area contributed by atoms with Crippen molar-refractivity contribution in [2.24, 2.45) is 0 Å². The molecule has 2 aromatic heterocycles. The van der Waals surface area contributed by atoms with Gasteiger partial charge < -0.3 is 15.6 Å². The van der Waals surface area contributed by atoms with E-state index in [1.54, 1.807) is 24.3 Å². The number of aromatic nitrogens is 1. The van der Waals surface area contributed by atoms with E-state index in [2.05, 4.69) is 4.98 Å². The predicted molar refractivity (Wildman–Crippen MR) is 86.8 cm³/mol. The number of carboxylic acid groups (broad SMARTS) is 1. The normalized spacial score (nSPS) is 10.8. The molecule has 1 aromatic carbocycles. The number of carbonyl (C=O) groups is 1. The van der Waals surface area contributed by atoms with Gasteiger partial charge in [-0.2, -0.15) is 0 Å². The minimum Gasteiger partial charge on any atom is -0.489 e. The Morgan fingerprint density at radius 3 is 3.00 bits per heavy atom.